The maximum absolute atomic E-state index is 5.16. The van der Waals surface area contributed by atoms with Crippen molar-refractivity contribution in [3.05, 3.63) is 34.0 Å². The molecule has 3 rings (SSSR count). The van der Waals surface area contributed by atoms with E-state index in [1.165, 1.54) is 0 Å². The van der Waals surface area contributed by atoms with Crippen molar-refractivity contribution in [2.75, 3.05) is 0 Å². The van der Waals surface area contributed by atoms with E-state index in [1.54, 1.807) is 22.2 Å². The van der Waals surface area contributed by atoms with Crippen LogP contribution in [0.25, 0.3) is 10.7 Å². The zero-order valence-electron chi connectivity index (χ0n) is 10.8. The molecule has 0 spiro atoms. The molecular weight excluding hydrogens is 342 g/mol. The predicted molar refractivity (Wildman–Crippen MR) is 78.4 cm³/mol. The van der Waals surface area contributed by atoms with E-state index in [0.717, 1.165) is 28.0 Å². The van der Waals surface area contributed by atoms with Gasteiger partial charge in [-0.3, -0.25) is 4.68 Å². The first kappa shape index (κ1) is 13.4. The van der Waals surface area contributed by atoms with Gasteiger partial charge in [0.05, 0.1) is 4.47 Å². The van der Waals surface area contributed by atoms with Gasteiger partial charge in [0.25, 0.3) is 0 Å². The Bertz CT molecular complexity index is 691. The summed E-state index contributed by atoms with van der Waals surface area (Å²) in [6, 6.07) is 0. The summed E-state index contributed by atoms with van der Waals surface area (Å²) < 4.78 is 7.85. The Labute approximate surface area is 128 Å². The minimum Gasteiger partial charge on any atom is -0.339 e. The normalized spacial score (nSPS) is 11.1. The van der Waals surface area contributed by atoms with Crippen LogP contribution in [0.1, 0.15) is 25.1 Å². The van der Waals surface area contributed by atoms with Gasteiger partial charge in [0, 0.05) is 24.2 Å². The Morgan fingerprint density at radius 2 is 2.35 bits per heavy atom. The molecule has 0 saturated heterocycles. The first-order chi connectivity index (χ1) is 9.76. The molecule has 0 atom stereocenters. The maximum atomic E-state index is 5.16. The van der Waals surface area contributed by atoms with Crippen LogP contribution in [0.15, 0.2) is 26.8 Å². The van der Waals surface area contributed by atoms with Crippen LogP contribution in [0.2, 0.25) is 0 Å². The van der Waals surface area contributed by atoms with E-state index in [4.69, 9.17) is 4.52 Å². The molecule has 0 fully saturated rings. The lowest BCUT2D eigenvalue weighted by Gasteiger charge is -1.94. The van der Waals surface area contributed by atoms with Crippen molar-refractivity contribution in [1.29, 1.82) is 0 Å². The molecular formula is C12H12BrN5OS. The number of nitrogens with zero attached hydrogens (tertiary/aromatic N) is 5. The smallest absolute Gasteiger partial charge is 0.226 e. The fraction of sp³-hybridized carbons (Fsp3) is 0.333. The Morgan fingerprint density at radius 1 is 1.45 bits per heavy atom. The van der Waals surface area contributed by atoms with E-state index in [2.05, 4.69) is 43.1 Å². The van der Waals surface area contributed by atoms with E-state index in [9.17, 15) is 0 Å². The van der Waals surface area contributed by atoms with Gasteiger partial charge < -0.3 is 4.52 Å². The van der Waals surface area contributed by atoms with Crippen molar-refractivity contribution in [3.8, 4) is 10.7 Å². The average molecular weight is 354 g/mol. The summed E-state index contributed by atoms with van der Waals surface area (Å²) in [5.74, 6) is 1.31. The van der Waals surface area contributed by atoms with Crippen LogP contribution < -0.4 is 0 Å². The van der Waals surface area contributed by atoms with Gasteiger partial charge in [-0.1, -0.05) is 12.1 Å². The lowest BCUT2D eigenvalue weighted by molar-refractivity contribution is 0.370. The van der Waals surface area contributed by atoms with Crippen molar-refractivity contribution in [3.63, 3.8) is 0 Å². The molecule has 0 radical (unpaired) electrons. The van der Waals surface area contributed by atoms with Crippen molar-refractivity contribution in [2.45, 2.75) is 26.3 Å². The van der Waals surface area contributed by atoms with E-state index in [-0.39, 0.29) is 0 Å². The minimum atomic E-state index is 0.483. The molecule has 0 saturated carbocycles. The summed E-state index contributed by atoms with van der Waals surface area (Å²) in [5.41, 5.74) is 0.831. The van der Waals surface area contributed by atoms with Gasteiger partial charge in [-0.25, -0.2) is 4.98 Å². The molecule has 3 aromatic heterocycles. The van der Waals surface area contributed by atoms with Crippen molar-refractivity contribution in [1.82, 2.24) is 24.9 Å². The number of thiazole rings is 1. The second kappa shape index (κ2) is 5.84. The molecule has 0 aliphatic rings. The number of halogens is 1. The molecule has 0 unspecified atom stereocenters. The molecule has 0 N–H and O–H groups in total. The molecule has 0 aromatic carbocycles. The van der Waals surface area contributed by atoms with Gasteiger partial charge in [-0.15, -0.1) is 11.3 Å². The highest BCUT2D eigenvalue weighted by Gasteiger charge is 2.13. The van der Waals surface area contributed by atoms with Gasteiger partial charge in [0.15, 0.2) is 5.82 Å². The SMILES string of the molecule is CCCc1nc(Cn2cc(Br)c(-c3nccs3)n2)no1. The number of hydrogen-bond donors (Lipinski definition) is 0. The predicted octanol–water partition coefficient (Wildman–Crippen LogP) is 3.15. The molecule has 3 aromatic rings. The highest BCUT2D eigenvalue weighted by atomic mass is 79.9. The molecule has 0 aliphatic heterocycles. The van der Waals surface area contributed by atoms with Gasteiger partial charge >= 0.3 is 0 Å². The van der Waals surface area contributed by atoms with Gasteiger partial charge in [-0.2, -0.15) is 10.1 Å². The topological polar surface area (TPSA) is 69.6 Å². The van der Waals surface area contributed by atoms with E-state index in [1.807, 2.05) is 11.6 Å². The molecule has 6 nitrogen and oxygen atoms in total. The van der Waals surface area contributed by atoms with Gasteiger partial charge in [-0.05, 0) is 22.4 Å². The standard InChI is InChI=1S/C12H12BrN5OS/c1-2-3-10-15-9(17-19-10)7-18-6-8(13)11(16-18)12-14-4-5-20-12/h4-6H,2-3,7H2,1H3. The highest BCUT2D eigenvalue weighted by molar-refractivity contribution is 9.10. The zero-order valence-corrected chi connectivity index (χ0v) is 13.2. The van der Waals surface area contributed by atoms with Crippen LogP contribution in [0, 0.1) is 0 Å². The van der Waals surface area contributed by atoms with Crippen LogP contribution in [0.3, 0.4) is 0 Å². The van der Waals surface area contributed by atoms with Crippen LogP contribution in [-0.4, -0.2) is 24.9 Å². The Kier molecular flexibility index (Phi) is 3.93. The monoisotopic (exact) mass is 353 g/mol. The summed E-state index contributed by atoms with van der Waals surface area (Å²) >= 11 is 5.05. The second-order valence-electron chi connectivity index (χ2n) is 4.21. The van der Waals surface area contributed by atoms with Crippen molar-refractivity contribution >= 4 is 27.3 Å². The summed E-state index contributed by atoms with van der Waals surface area (Å²) in [4.78, 5) is 8.59. The molecule has 104 valence electrons. The first-order valence-corrected chi connectivity index (χ1v) is 7.88. The average Bonchev–Trinajstić information content (AvgIpc) is 3.12. The number of aromatic nitrogens is 5. The first-order valence-electron chi connectivity index (χ1n) is 6.20. The fourth-order valence-corrected chi connectivity index (χ4v) is 3.05. The van der Waals surface area contributed by atoms with Crippen molar-refractivity contribution in [2.24, 2.45) is 0 Å². The highest BCUT2D eigenvalue weighted by Crippen LogP contribution is 2.28. The summed E-state index contributed by atoms with van der Waals surface area (Å²) in [5, 5.41) is 11.3. The zero-order chi connectivity index (χ0) is 13.9. The molecule has 8 heteroatoms. The second-order valence-corrected chi connectivity index (χ2v) is 5.96. The third-order valence-corrected chi connectivity index (χ3v) is 3.99. The number of hydrogen-bond acceptors (Lipinski definition) is 6. The van der Waals surface area contributed by atoms with Crippen LogP contribution in [0.4, 0.5) is 0 Å². The lowest BCUT2D eigenvalue weighted by atomic mass is 10.3. The van der Waals surface area contributed by atoms with Crippen molar-refractivity contribution < 1.29 is 4.52 Å². The molecule has 0 bridgehead atoms. The molecule has 0 amide bonds. The number of rotatable bonds is 5. The molecule has 20 heavy (non-hydrogen) atoms. The van der Waals surface area contributed by atoms with Crippen LogP contribution in [-0.2, 0) is 13.0 Å². The fourth-order valence-electron chi connectivity index (χ4n) is 1.78. The lowest BCUT2D eigenvalue weighted by Crippen LogP contribution is -2.02. The Morgan fingerprint density at radius 3 is 3.10 bits per heavy atom. The third kappa shape index (κ3) is 2.80. The van der Waals surface area contributed by atoms with Gasteiger partial charge in [0.2, 0.25) is 5.89 Å². The third-order valence-electron chi connectivity index (χ3n) is 2.63. The summed E-state index contributed by atoms with van der Waals surface area (Å²) in [6.45, 7) is 2.56. The largest absolute Gasteiger partial charge is 0.339 e. The molecule has 3 heterocycles. The van der Waals surface area contributed by atoms with E-state index >= 15 is 0 Å². The molecule has 0 aliphatic carbocycles. The summed E-state index contributed by atoms with van der Waals surface area (Å²) in [6.07, 6.45) is 5.46. The van der Waals surface area contributed by atoms with Crippen LogP contribution >= 0.6 is 27.3 Å². The van der Waals surface area contributed by atoms with Crippen LogP contribution in [0.5, 0.6) is 0 Å². The Balaban J connectivity index is 1.79. The Hall–Kier alpha value is -1.54. The van der Waals surface area contributed by atoms with E-state index < -0.39 is 0 Å². The number of aryl methyl sites for hydroxylation is 1. The van der Waals surface area contributed by atoms with E-state index in [0.29, 0.717) is 18.3 Å². The minimum absolute atomic E-state index is 0.483. The quantitative estimate of drug-likeness (QED) is 0.704. The van der Waals surface area contributed by atoms with Gasteiger partial charge in [0.1, 0.15) is 17.2 Å². The summed E-state index contributed by atoms with van der Waals surface area (Å²) in [7, 11) is 0. The maximum Gasteiger partial charge on any atom is 0.226 e.